The summed E-state index contributed by atoms with van der Waals surface area (Å²) >= 11 is 5.54. The van der Waals surface area contributed by atoms with Gasteiger partial charge in [0.25, 0.3) is 0 Å². The SMILES string of the molecule is [B][B]B([B])c1c(C)c(C)c([B])c(CC(=O)Cl)c1B([B])B([B])[B]. The highest BCUT2D eigenvalue weighted by Crippen LogP contribution is 2.07. The van der Waals surface area contributed by atoms with Gasteiger partial charge >= 0.3 is 0 Å². The minimum absolute atomic E-state index is 0.0887. The predicted molar refractivity (Wildman–Crippen MR) is 107 cm³/mol. The van der Waals surface area contributed by atoms with Gasteiger partial charge in [-0.1, -0.05) is 22.2 Å². The van der Waals surface area contributed by atoms with Gasteiger partial charge in [-0.15, -0.1) is 10.9 Å². The second kappa shape index (κ2) is 8.08. The summed E-state index contributed by atoms with van der Waals surface area (Å²) in [5.41, 5.74) is 3.79. The van der Waals surface area contributed by atoms with E-state index in [0.717, 1.165) is 11.1 Å². The van der Waals surface area contributed by atoms with Gasteiger partial charge in [0, 0.05) is 58.6 Å². The van der Waals surface area contributed by atoms with E-state index in [-0.39, 0.29) is 6.42 Å². The van der Waals surface area contributed by atoms with Gasteiger partial charge in [0.15, 0.2) is 0 Å². The largest absolute Gasteiger partial charge is 0.281 e. The van der Waals surface area contributed by atoms with E-state index in [1.165, 1.54) is 7.06 Å². The van der Waals surface area contributed by atoms with Crippen molar-refractivity contribution in [3.63, 3.8) is 0 Å². The second-order valence-corrected chi connectivity index (χ2v) is 5.74. The molecule has 0 unspecified atom stereocenters. The van der Waals surface area contributed by atoms with E-state index in [0.29, 0.717) is 22.0 Å². The molecule has 1 aromatic rings. The quantitative estimate of drug-likeness (QED) is 0.389. The van der Waals surface area contributed by atoms with Crippen LogP contribution in [-0.4, -0.2) is 78.2 Å². The van der Waals surface area contributed by atoms with Crippen molar-refractivity contribution in [1.29, 1.82) is 0 Å². The molecule has 0 saturated carbocycles. The zero-order valence-electron chi connectivity index (χ0n) is 12.8. The summed E-state index contributed by atoms with van der Waals surface area (Å²) in [6.07, 6.45) is -0.941. The molecule has 91 valence electrons. The van der Waals surface area contributed by atoms with Crippen molar-refractivity contribution in [2.75, 3.05) is 0 Å². The molecule has 0 N–H and O–H groups in total. The number of hydrogen-bond acceptors (Lipinski definition) is 1. The summed E-state index contributed by atoms with van der Waals surface area (Å²) in [4.78, 5) is 11.4. The van der Waals surface area contributed by atoms with Crippen LogP contribution in [0.1, 0.15) is 16.7 Å². The number of carbonyl (C=O) groups is 1. The van der Waals surface area contributed by atoms with Crippen molar-refractivity contribution in [3.8, 4) is 0 Å². The molecule has 1 aromatic carbocycles. The molecule has 13 radical (unpaired) electrons. The lowest BCUT2D eigenvalue weighted by atomic mass is 8.85. The molecule has 0 bridgehead atoms. The van der Waals surface area contributed by atoms with Crippen LogP contribution in [0.25, 0.3) is 0 Å². The lowest BCUT2D eigenvalue weighted by Crippen LogP contribution is -2.62. The van der Waals surface area contributed by atoms with Crippen molar-refractivity contribution in [2.24, 2.45) is 0 Å². The average Bonchev–Trinajstić information content (AvgIpc) is 2.45. The predicted octanol–water partition coefficient (Wildman–Crippen LogP) is -3.67. The van der Waals surface area contributed by atoms with Crippen LogP contribution >= 0.6 is 11.6 Å². The van der Waals surface area contributed by atoms with Crippen LogP contribution in [0.3, 0.4) is 0 Å². The molecule has 0 aromatic heterocycles. The normalized spacial score (nSPS) is 10.1. The van der Waals surface area contributed by atoms with E-state index in [2.05, 4.69) is 0 Å². The molecule has 12 heteroatoms. The van der Waals surface area contributed by atoms with Crippen LogP contribution in [-0.2, 0) is 11.2 Å². The Morgan fingerprint density at radius 1 is 1.14 bits per heavy atom. The van der Waals surface area contributed by atoms with Gasteiger partial charge in [0.1, 0.15) is 7.85 Å². The highest BCUT2D eigenvalue weighted by atomic mass is 35.5. The zero-order chi connectivity index (χ0) is 17.2. The van der Waals surface area contributed by atoms with E-state index < -0.39 is 24.6 Å². The topological polar surface area (TPSA) is 17.1 Å². The van der Waals surface area contributed by atoms with Crippen molar-refractivity contribution in [3.05, 3.63) is 16.7 Å². The summed E-state index contributed by atoms with van der Waals surface area (Å²) in [7, 11) is 36.7. The molecule has 1 nitrogen and oxygen atoms in total. The summed E-state index contributed by atoms with van der Waals surface area (Å²) in [6.45, 7) is 2.34. The zero-order valence-corrected chi connectivity index (χ0v) is 13.5. The number of carbonyl (C=O) groups excluding carboxylic acids is 1. The molecule has 0 saturated heterocycles. The van der Waals surface area contributed by atoms with Gasteiger partial charge in [-0.05, 0) is 25.4 Å². The first-order valence-corrected chi connectivity index (χ1v) is 7.18. The minimum atomic E-state index is -0.852. The lowest BCUT2D eigenvalue weighted by molar-refractivity contribution is -0.111. The van der Waals surface area contributed by atoms with E-state index in [1.54, 1.807) is 0 Å². The first-order chi connectivity index (χ1) is 10.1. The maximum Gasteiger partial charge on any atom is 0.225 e. The lowest BCUT2D eigenvalue weighted by Gasteiger charge is -2.30. The smallest absolute Gasteiger partial charge is 0.225 e. The number of halogens is 1. The Hall–Kier alpha value is -0.171. The highest BCUT2D eigenvalue weighted by Gasteiger charge is 2.27. The molecule has 0 aliphatic rings. The fourth-order valence-electron chi connectivity index (χ4n) is 2.57. The van der Waals surface area contributed by atoms with Gasteiger partial charge in [0.2, 0.25) is 5.24 Å². The molecule has 0 fully saturated rings. The van der Waals surface area contributed by atoms with Crippen molar-refractivity contribution in [2.45, 2.75) is 20.3 Å². The molecule has 1 rings (SSSR count). The van der Waals surface area contributed by atoms with Crippen LogP contribution in [0, 0.1) is 13.8 Å². The second-order valence-electron chi connectivity index (χ2n) is 5.32. The number of benzene rings is 1. The monoisotopic (exact) mass is 289 g/mol. The third-order valence-electron chi connectivity index (χ3n) is 3.92. The summed E-state index contributed by atoms with van der Waals surface area (Å²) in [6, 6.07) is 0. The van der Waals surface area contributed by atoms with Gasteiger partial charge < -0.3 is 0 Å². The molecule has 0 heterocycles. The Morgan fingerprint density at radius 2 is 1.68 bits per heavy atom. The van der Waals surface area contributed by atoms with Crippen LogP contribution < -0.4 is 16.4 Å². The highest BCUT2D eigenvalue weighted by molar-refractivity contribution is 7.70. The van der Waals surface area contributed by atoms with Gasteiger partial charge in [-0.3, -0.25) is 4.79 Å². The Labute approximate surface area is 148 Å². The summed E-state index contributed by atoms with van der Waals surface area (Å²) < 4.78 is 0. The maximum absolute atomic E-state index is 11.4. The summed E-state index contributed by atoms with van der Waals surface area (Å²) in [5, 5.41) is -0.565. The molecule has 22 heavy (non-hydrogen) atoms. The Balaban J connectivity index is 3.80. The van der Waals surface area contributed by atoms with Crippen LogP contribution in [0.2, 0.25) is 0 Å². The van der Waals surface area contributed by atoms with Crippen molar-refractivity contribution >= 4 is 106 Å². The average molecular weight is 288 g/mol. The van der Waals surface area contributed by atoms with Crippen LogP contribution in [0.15, 0.2) is 0 Å². The Bertz CT molecular complexity index is 578. The molecule has 0 aliphatic carbocycles. The third kappa shape index (κ3) is 4.02. The third-order valence-corrected chi connectivity index (χ3v) is 4.05. The first-order valence-electron chi connectivity index (χ1n) is 6.80. The Kier molecular flexibility index (Phi) is 7.30. The minimum Gasteiger partial charge on any atom is -0.281 e. The fraction of sp³-hybridized carbons (Fsp3) is 0.300. The fourth-order valence-corrected chi connectivity index (χ4v) is 2.70. The van der Waals surface area contributed by atoms with E-state index in [4.69, 9.17) is 58.1 Å². The summed E-state index contributed by atoms with van der Waals surface area (Å²) in [5.74, 6) is 0. The van der Waals surface area contributed by atoms with E-state index in [9.17, 15) is 4.79 Å². The molecule has 0 amide bonds. The molecule has 0 aliphatic heterocycles. The molecular weight excluding hydrogens is 280 g/mol. The first kappa shape index (κ1) is 19.9. The van der Waals surface area contributed by atoms with Crippen molar-refractivity contribution in [1.82, 2.24) is 0 Å². The maximum atomic E-state index is 11.4. The van der Waals surface area contributed by atoms with Gasteiger partial charge in [-0.2, -0.15) is 0 Å². The number of hydrogen-bond donors (Lipinski definition) is 0. The van der Waals surface area contributed by atoms with E-state index in [1.807, 2.05) is 13.8 Å². The Morgan fingerprint density at radius 3 is 2.09 bits per heavy atom. The van der Waals surface area contributed by atoms with Crippen LogP contribution in [0.4, 0.5) is 0 Å². The van der Waals surface area contributed by atoms with Gasteiger partial charge in [0.05, 0.1) is 13.0 Å². The standard InChI is InChI=1S/C10H8B10ClO/c1-4-5(2)9(18(13)17-12)10(19(14)20(15)16)6(8(4)11)3-7(21)22/h3H2,1-2H3. The van der Waals surface area contributed by atoms with E-state index >= 15 is 0 Å². The van der Waals surface area contributed by atoms with Crippen LogP contribution in [0.5, 0.6) is 0 Å². The molecule has 0 atom stereocenters. The molecule has 0 spiro atoms. The van der Waals surface area contributed by atoms with Gasteiger partial charge in [-0.25, -0.2) is 0 Å². The van der Waals surface area contributed by atoms with Crippen molar-refractivity contribution < 1.29 is 4.79 Å². The number of rotatable bonds is 6. The molecular formula is C10H8B10ClO.